The highest BCUT2D eigenvalue weighted by Crippen LogP contribution is 2.18. The Morgan fingerprint density at radius 3 is 2.53 bits per heavy atom. The fraction of sp³-hybridized carbons (Fsp3) is 0.643. The van der Waals surface area contributed by atoms with Gasteiger partial charge in [0.1, 0.15) is 0 Å². The van der Waals surface area contributed by atoms with Crippen LogP contribution in [-0.4, -0.2) is 31.5 Å². The summed E-state index contributed by atoms with van der Waals surface area (Å²) in [5.41, 5.74) is 1.68. The molecule has 0 radical (unpaired) electrons. The SMILES string of the molecule is CCCNC(CC)c1ccc(N(C)CC(F)F)cn1. The van der Waals surface area contributed by atoms with Gasteiger partial charge in [0.25, 0.3) is 6.43 Å². The molecule has 0 bridgehead atoms. The highest BCUT2D eigenvalue weighted by atomic mass is 19.3. The summed E-state index contributed by atoms with van der Waals surface area (Å²) in [5, 5.41) is 3.42. The molecule has 19 heavy (non-hydrogen) atoms. The fourth-order valence-corrected chi connectivity index (χ4v) is 1.92. The molecule has 108 valence electrons. The predicted octanol–water partition coefficient (Wildman–Crippen LogP) is 3.23. The van der Waals surface area contributed by atoms with E-state index < -0.39 is 6.43 Å². The number of anilines is 1. The van der Waals surface area contributed by atoms with Crippen LogP contribution in [0.1, 0.15) is 38.4 Å². The minimum absolute atomic E-state index is 0.231. The number of alkyl halides is 2. The molecule has 3 nitrogen and oxygen atoms in total. The first-order chi connectivity index (χ1) is 9.08. The van der Waals surface area contributed by atoms with Crippen molar-refractivity contribution < 1.29 is 8.78 Å². The summed E-state index contributed by atoms with van der Waals surface area (Å²) in [6, 6.07) is 3.99. The van der Waals surface area contributed by atoms with Crippen LogP contribution in [0, 0.1) is 0 Å². The van der Waals surface area contributed by atoms with Crippen LogP contribution in [0.25, 0.3) is 0 Å². The molecular weight excluding hydrogens is 248 g/mol. The number of hydrogen-bond acceptors (Lipinski definition) is 3. The van der Waals surface area contributed by atoms with Crippen LogP contribution >= 0.6 is 0 Å². The summed E-state index contributed by atoms with van der Waals surface area (Å²) in [5.74, 6) is 0. The van der Waals surface area contributed by atoms with Gasteiger partial charge in [-0.3, -0.25) is 4.98 Å². The number of halogens is 2. The Morgan fingerprint density at radius 2 is 2.05 bits per heavy atom. The Balaban J connectivity index is 2.68. The van der Waals surface area contributed by atoms with E-state index in [-0.39, 0.29) is 12.6 Å². The molecule has 0 aliphatic carbocycles. The maximum Gasteiger partial charge on any atom is 0.255 e. The molecule has 0 amide bonds. The molecule has 0 fully saturated rings. The second-order valence-electron chi connectivity index (χ2n) is 4.63. The number of rotatable bonds is 8. The first kappa shape index (κ1) is 15.8. The van der Waals surface area contributed by atoms with E-state index in [1.165, 1.54) is 4.90 Å². The minimum atomic E-state index is -2.33. The Bertz CT molecular complexity index is 354. The lowest BCUT2D eigenvalue weighted by Gasteiger charge is -2.20. The number of nitrogens with zero attached hydrogens (tertiary/aromatic N) is 2. The molecule has 1 heterocycles. The number of pyridine rings is 1. The van der Waals surface area contributed by atoms with E-state index in [0.29, 0.717) is 0 Å². The van der Waals surface area contributed by atoms with Crippen molar-refractivity contribution in [3.8, 4) is 0 Å². The second-order valence-corrected chi connectivity index (χ2v) is 4.63. The topological polar surface area (TPSA) is 28.2 Å². The Hall–Kier alpha value is -1.23. The van der Waals surface area contributed by atoms with E-state index in [1.54, 1.807) is 13.2 Å². The quantitative estimate of drug-likeness (QED) is 0.786. The summed E-state index contributed by atoms with van der Waals surface area (Å²) >= 11 is 0. The molecule has 0 aromatic carbocycles. The van der Waals surface area contributed by atoms with E-state index in [2.05, 4.69) is 24.1 Å². The van der Waals surface area contributed by atoms with Gasteiger partial charge < -0.3 is 10.2 Å². The highest BCUT2D eigenvalue weighted by Gasteiger charge is 2.12. The largest absolute Gasteiger partial charge is 0.368 e. The number of nitrogens with one attached hydrogen (secondary N) is 1. The van der Waals surface area contributed by atoms with Gasteiger partial charge in [0.05, 0.1) is 24.1 Å². The van der Waals surface area contributed by atoms with Crippen molar-refractivity contribution in [2.45, 2.75) is 39.2 Å². The second kappa shape index (κ2) is 8.04. The molecule has 1 atom stereocenters. The molecule has 1 aromatic rings. The van der Waals surface area contributed by atoms with Crippen molar-refractivity contribution in [2.75, 3.05) is 25.0 Å². The highest BCUT2D eigenvalue weighted by molar-refractivity contribution is 5.43. The van der Waals surface area contributed by atoms with E-state index >= 15 is 0 Å². The van der Waals surface area contributed by atoms with Crippen molar-refractivity contribution in [1.29, 1.82) is 0 Å². The molecule has 0 saturated carbocycles. The van der Waals surface area contributed by atoms with Crippen molar-refractivity contribution in [2.24, 2.45) is 0 Å². The van der Waals surface area contributed by atoms with Crippen molar-refractivity contribution in [3.05, 3.63) is 24.0 Å². The molecule has 1 N–H and O–H groups in total. The molecule has 0 aliphatic heterocycles. The monoisotopic (exact) mass is 271 g/mol. The first-order valence-corrected chi connectivity index (χ1v) is 6.77. The molecule has 5 heteroatoms. The standard InChI is InChI=1S/C14H23F2N3/c1-4-8-17-12(5-2)13-7-6-11(9-18-13)19(3)10-14(15)16/h6-7,9,12,14,17H,4-5,8,10H2,1-3H3. The summed E-state index contributed by atoms with van der Waals surface area (Å²) in [6.07, 6.45) is 1.36. The van der Waals surface area contributed by atoms with Gasteiger partial charge in [-0.25, -0.2) is 8.78 Å². The van der Waals surface area contributed by atoms with Gasteiger partial charge in [0.15, 0.2) is 0 Å². The summed E-state index contributed by atoms with van der Waals surface area (Å²) < 4.78 is 24.6. The molecule has 1 aromatic heterocycles. The third-order valence-electron chi connectivity index (χ3n) is 3.03. The van der Waals surface area contributed by atoms with Crippen LogP contribution in [-0.2, 0) is 0 Å². The van der Waals surface area contributed by atoms with E-state index in [4.69, 9.17) is 0 Å². The van der Waals surface area contributed by atoms with Gasteiger partial charge in [-0.15, -0.1) is 0 Å². The normalized spacial score (nSPS) is 12.7. The van der Waals surface area contributed by atoms with Gasteiger partial charge in [0, 0.05) is 13.1 Å². The smallest absolute Gasteiger partial charge is 0.255 e. The summed E-state index contributed by atoms with van der Waals surface area (Å²) in [7, 11) is 1.65. The molecule has 1 rings (SSSR count). The van der Waals surface area contributed by atoms with E-state index in [1.807, 2.05) is 12.1 Å². The fourth-order valence-electron chi connectivity index (χ4n) is 1.92. The van der Waals surface area contributed by atoms with Crippen LogP contribution in [0.5, 0.6) is 0 Å². The number of hydrogen-bond donors (Lipinski definition) is 1. The Labute approximate surface area is 114 Å². The van der Waals surface area contributed by atoms with Crippen LogP contribution < -0.4 is 10.2 Å². The zero-order valence-electron chi connectivity index (χ0n) is 11.9. The van der Waals surface area contributed by atoms with Crippen molar-refractivity contribution >= 4 is 5.69 Å². The van der Waals surface area contributed by atoms with Crippen LogP contribution in [0.15, 0.2) is 18.3 Å². The third-order valence-corrected chi connectivity index (χ3v) is 3.03. The lowest BCUT2D eigenvalue weighted by Crippen LogP contribution is -2.25. The van der Waals surface area contributed by atoms with Gasteiger partial charge in [-0.1, -0.05) is 13.8 Å². The molecular formula is C14H23F2N3. The summed E-state index contributed by atoms with van der Waals surface area (Å²) in [6.45, 7) is 4.90. The molecule has 0 aliphatic rings. The zero-order chi connectivity index (χ0) is 14.3. The zero-order valence-corrected chi connectivity index (χ0v) is 11.9. The van der Waals surface area contributed by atoms with Crippen molar-refractivity contribution in [1.82, 2.24) is 10.3 Å². The predicted molar refractivity (Wildman–Crippen MR) is 74.8 cm³/mol. The van der Waals surface area contributed by atoms with Gasteiger partial charge >= 0.3 is 0 Å². The van der Waals surface area contributed by atoms with Crippen LogP contribution in [0.4, 0.5) is 14.5 Å². The van der Waals surface area contributed by atoms with Crippen molar-refractivity contribution in [3.63, 3.8) is 0 Å². The average Bonchev–Trinajstić information content (AvgIpc) is 2.39. The molecule has 0 saturated heterocycles. The maximum absolute atomic E-state index is 12.3. The summed E-state index contributed by atoms with van der Waals surface area (Å²) in [4.78, 5) is 5.90. The molecule has 1 unspecified atom stereocenters. The molecule has 0 spiro atoms. The Morgan fingerprint density at radius 1 is 1.32 bits per heavy atom. The van der Waals surface area contributed by atoms with E-state index in [0.717, 1.165) is 30.8 Å². The lowest BCUT2D eigenvalue weighted by atomic mass is 10.1. The number of aromatic nitrogens is 1. The van der Waals surface area contributed by atoms with Crippen LogP contribution in [0.3, 0.4) is 0 Å². The maximum atomic E-state index is 12.3. The van der Waals surface area contributed by atoms with Crippen LogP contribution in [0.2, 0.25) is 0 Å². The lowest BCUT2D eigenvalue weighted by molar-refractivity contribution is 0.156. The first-order valence-electron chi connectivity index (χ1n) is 6.77. The van der Waals surface area contributed by atoms with E-state index in [9.17, 15) is 8.78 Å². The average molecular weight is 271 g/mol. The van der Waals surface area contributed by atoms with Gasteiger partial charge in [-0.05, 0) is 31.5 Å². The van der Waals surface area contributed by atoms with Gasteiger partial charge in [0.2, 0.25) is 0 Å². The minimum Gasteiger partial charge on any atom is -0.368 e. The Kier molecular flexibility index (Phi) is 6.70. The van der Waals surface area contributed by atoms with Gasteiger partial charge in [-0.2, -0.15) is 0 Å². The third kappa shape index (κ3) is 5.11.